The third-order valence-electron chi connectivity index (χ3n) is 5.80. The van der Waals surface area contributed by atoms with Gasteiger partial charge in [-0.15, -0.1) is 0 Å². The SMILES string of the molecule is CCN(CC)CC1C(O)CCC2C(=O)C(c3ccc(OC)cc3)=COC21. The first-order valence-corrected chi connectivity index (χ1v) is 9.53. The number of hydrogen-bond donors (Lipinski definition) is 1. The summed E-state index contributed by atoms with van der Waals surface area (Å²) in [5, 5.41) is 10.5. The molecule has 0 amide bonds. The van der Waals surface area contributed by atoms with E-state index in [4.69, 9.17) is 9.47 Å². The Kier molecular flexibility index (Phi) is 5.99. The normalized spacial score (nSPS) is 28.3. The van der Waals surface area contributed by atoms with Gasteiger partial charge in [-0.3, -0.25) is 4.79 Å². The van der Waals surface area contributed by atoms with E-state index in [0.29, 0.717) is 18.4 Å². The number of nitrogens with zero attached hydrogens (tertiary/aromatic N) is 1. The van der Waals surface area contributed by atoms with Gasteiger partial charge in [0.2, 0.25) is 0 Å². The molecule has 1 aromatic carbocycles. The molecule has 2 aliphatic rings. The first kappa shape index (κ1) is 18.9. The summed E-state index contributed by atoms with van der Waals surface area (Å²) in [5.74, 6) is 0.673. The second kappa shape index (κ2) is 8.23. The number of methoxy groups -OCH3 is 1. The number of hydrogen-bond acceptors (Lipinski definition) is 5. The summed E-state index contributed by atoms with van der Waals surface area (Å²) in [6, 6.07) is 7.47. The summed E-state index contributed by atoms with van der Waals surface area (Å²) < 4.78 is 11.2. The molecular formula is C21H29NO4. The third-order valence-corrected chi connectivity index (χ3v) is 5.80. The molecule has 4 unspecified atom stereocenters. The van der Waals surface area contributed by atoms with Gasteiger partial charge in [-0.25, -0.2) is 0 Å². The van der Waals surface area contributed by atoms with Crippen LogP contribution in [0.3, 0.4) is 0 Å². The number of ketones is 1. The lowest BCUT2D eigenvalue weighted by molar-refractivity contribution is -0.133. The van der Waals surface area contributed by atoms with E-state index in [1.165, 1.54) is 0 Å². The Balaban J connectivity index is 1.82. The number of Topliss-reactive ketones (excluding diaryl/α,β-unsaturated/α-hetero) is 1. The van der Waals surface area contributed by atoms with Gasteiger partial charge in [0, 0.05) is 12.5 Å². The van der Waals surface area contributed by atoms with E-state index in [1.54, 1.807) is 13.4 Å². The molecule has 0 spiro atoms. The van der Waals surface area contributed by atoms with E-state index in [9.17, 15) is 9.90 Å². The number of benzene rings is 1. The van der Waals surface area contributed by atoms with Crippen molar-refractivity contribution in [3.05, 3.63) is 36.1 Å². The maximum atomic E-state index is 13.1. The zero-order valence-electron chi connectivity index (χ0n) is 15.9. The van der Waals surface area contributed by atoms with Crippen molar-refractivity contribution in [3.63, 3.8) is 0 Å². The number of fused-ring (bicyclic) bond motifs is 1. The van der Waals surface area contributed by atoms with Crippen LogP contribution in [0.15, 0.2) is 30.5 Å². The highest BCUT2D eigenvalue weighted by Crippen LogP contribution is 2.39. The second-order valence-corrected chi connectivity index (χ2v) is 7.13. The average molecular weight is 359 g/mol. The highest BCUT2D eigenvalue weighted by Gasteiger charge is 2.46. The lowest BCUT2D eigenvalue weighted by Crippen LogP contribution is -2.51. The van der Waals surface area contributed by atoms with Crippen LogP contribution in [0, 0.1) is 11.8 Å². The van der Waals surface area contributed by atoms with Crippen LogP contribution in [0.1, 0.15) is 32.3 Å². The second-order valence-electron chi connectivity index (χ2n) is 7.13. The van der Waals surface area contributed by atoms with Crippen LogP contribution >= 0.6 is 0 Å². The average Bonchev–Trinajstić information content (AvgIpc) is 2.68. The smallest absolute Gasteiger partial charge is 0.173 e. The van der Waals surface area contributed by atoms with Crippen molar-refractivity contribution >= 4 is 11.4 Å². The van der Waals surface area contributed by atoms with Crippen molar-refractivity contribution in [1.82, 2.24) is 4.90 Å². The van der Waals surface area contributed by atoms with Gasteiger partial charge in [-0.05, 0) is 43.6 Å². The molecule has 1 saturated carbocycles. The molecule has 3 rings (SSSR count). The number of aliphatic hydroxyl groups is 1. The van der Waals surface area contributed by atoms with Gasteiger partial charge in [0.15, 0.2) is 5.78 Å². The summed E-state index contributed by atoms with van der Waals surface area (Å²) in [6.45, 7) is 6.85. The summed E-state index contributed by atoms with van der Waals surface area (Å²) in [5.41, 5.74) is 1.47. The van der Waals surface area contributed by atoms with E-state index < -0.39 is 6.10 Å². The van der Waals surface area contributed by atoms with E-state index in [0.717, 1.165) is 30.9 Å². The van der Waals surface area contributed by atoms with Gasteiger partial charge < -0.3 is 19.5 Å². The first-order chi connectivity index (χ1) is 12.6. The van der Waals surface area contributed by atoms with Crippen molar-refractivity contribution in [2.45, 2.75) is 38.9 Å². The maximum absolute atomic E-state index is 13.1. The van der Waals surface area contributed by atoms with Crippen molar-refractivity contribution in [1.29, 1.82) is 0 Å². The monoisotopic (exact) mass is 359 g/mol. The highest BCUT2D eigenvalue weighted by atomic mass is 16.5. The Morgan fingerprint density at radius 2 is 1.88 bits per heavy atom. The van der Waals surface area contributed by atoms with Gasteiger partial charge in [0.25, 0.3) is 0 Å². The fourth-order valence-corrected chi connectivity index (χ4v) is 4.11. The number of allylic oxidation sites excluding steroid dienone is 1. The minimum Gasteiger partial charge on any atom is -0.497 e. The van der Waals surface area contributed by atoms with Gasteiger partial charge in [-0.1, -0.05) is 26.0 Å². The van der Waals surface area contributed by atoms with Crippen LogP contribution in [-0.2, 0) is 9.53 Å². The molecule has 0 saturated heterocycles. The Hall–Kier alpha value is -1.85. The lowest BCUT2D eigenvalue weighted by atomic mass is 9.72. The predicted octanol–water partition coefficient (Wildman–Crippen LogP) is 2.73. The molecule has 4 atom stereocenters. The van der Waals surface area contributed by atoms with Crippen molar-refractivity contribution in [2.75, 3.05) is 26.7 Å². The van der Waals surface area contributed by atoms with Crippen molar-refractivity contribution < 1.29 is 19.4 Å². The van der Waals surface area contributed by atoms with Crippen LogP contribution in [0.2, 0.25) is 0 Å². The number of rotatable bonds is 6. The van der Waals surface area contributed by atoms with E-state index in [1.807, 2.05) is 24.3 Å². The molecule has 142 valence electrons. The van der Waals surface area contributed by atoms with Crippen molar-refractivity contribution in [3.8, 4) is 5.75 Å². The largest absolute Gasteiger partial charge is 0.497 e. The third kappa shape index (κ3) is 3.64. The Morgan fingerprint density at radius 1 is 1.19 bits per heavy atom. The Bertz CT molecular complexity index is 650. The Morgan fingerprint density at radius 3 is 2.50 bits per heavy atom. The lowest BCUT2D eigenvalue weighted by Gasteiger charge is -2.43. The van der Waals surface area contributed by atoms with E-state index >= 15 is 0 Å². The minimum absolute atomic E-state index is 0.0359. The molecule has 1 aliphatic heterocycles. The van der Waals surface area contributed by atoms with Crippen LogP contribution < -0.4 is 4.74 Å². The quantitative estimate of drug-likeness (QED) is 0.846. The number of aliphatic hydroxyl groups excluding tert-OH is 1. The topological polar surface area (TPSA) is 59.0 Å². The van der Waals surface area contributed by atoms with Crippen LogP contribution in [0.25, 0.3) is 5.57 Å². The zero-order chi connectivity index (χ0) is 18.7. The van der Waals surface area contributed by atoms with E-state index in [2.05, 4.69) is 18.7 Å². The fraction of sp³-hybridized carbons (Fsp3) is 0.571. The van der Waals surface area contributed by atoms with E-state index in [-0.39, 0.29) is 23.7 Å². The molecule has 26 heavy (non-hydrogen) atoms. The first-order valence-electron chi connectivity index (χ1n) is 9.53. The molecule has 5 heteroatoms. The standard InChI is InChI=1S/C21H29NO4/c1-4-22(5-2)12-17-19(23)11-10-16-20(24)18(13-26-21(16)17)14-6-8-15(25-3)9-7-14/h6-9,13,16-17,19,21,23H,4-5,10-12H2,1-3H3. The maximum Gasteiger partial charge on any atom is 0.173 e. The summed E-state index contributed by atoms with van der Waals surface area (Å²) in [6.07, 6.45) is 2.26. The van der Waals surface area contributed by atoms with Crippen molar-refractivity contribution in [2.24, 2.45) is 11.8 Å². The molecule has 1 heterocycles. The molecule has 5 nitrogen and oxygen atoms in total. The van der Waals surface area contributed by atoms with Gasteiger partial charge >= 0.3 is 0 Å². The number of carbonyl (C=O) groups excluding carboxylic acids is 1. The molecule has 0 bridgehead atoms. The summed E-state index contributed by atoms with van der Waals surface area (Å²) >= 11 is 0. The zero-order valence-corrected chi connectivity index (χ0v) is 15.9. The fourth-order valence-electron chi connectivity index (χ4n) is 4.11. The summed E-state index contributed by atoms with van der Waals surface area (Å²) in [7, 11) is 1.62. The molecule has 1 aromatic rings. The predicted molar refractivity (Wildman–Crippen MR) is 101 cm³/mol. The molecule has 1 aliphatic carbocycles. The van der Waals surface area contributed by atoms with Crippen LogP contribution in [0.5, 0.6) is 5.75 Å². The molecular weight excluding hydrogens is 330 g/mol. The van der Waals surface area contributed by atoms with Gasteiger partial charge in [0.05, 0.1) is 31.0 Å². The number of ether oxygens (including phenoxy) is 2. The molecule has 0 aromatic heterocycles. The van der Waals surface area contributed by atoms with Gasteiger partial charge in [-0.2, -0.15) is 0 Å². The van der Waals surface area contributed by atoms with Crippen LogP contribution in [-0.4, -0.2) is 54.7 Å². The Labute approximate surface area is 155 Å². The number of carbonyl (C=O) groups is 1. The minimum atomic E-state index is -0.416. The van der Waals surface area contributed by atoms with Crippen LogP contribution in [0.4, 0.5) is 0 Å². The molecule has 1 fully saturated rings. The molecule has 1 N–H and O–H groups in total. The molecule has 0 radical (unpaired) electrons. The highest BCUT2D eigenvalue weighted by molar-refractivity contribution is 6.22. The summed E-state index contributed by atoms with van der Waals surface area (Å²) in [4.78, 5) is 15.4. The van der Waals surface area contributed by atoms with Gasteiger partial charge in [0.1, 0.15) is 11.9 Å².